The Morgan fingerprint density at radius 2 is 1.81 bits per heavy atom. The minimum absolute atomic E-state index is 0.0457. The normalized spacial score (nSPS) is 24.5. The molecule has 26 heavy (non-hydrogen) atoms. The van der Waals surface area contributed by atoms with E-state index >= 15 is 0 Å². The lowest BCUT2D eigenvalue weighted by molar-refractivity contribution is -0.131. The molecule has 0 spiro atoms. The number of ketones is 1. The fourth-order valence-electron chi connectivity index (χ4n) is 4.53. The lowest BCUT2D eigenvalue weighted by Crippen LogP contribution is -2.38. The number of Topliss-reactive ketones (excluding diaryl/α,β-unsaturated/α-hetero) is 1. The van der Waals surface area contributed by atoms with Crippen LogP contribution < -0.4 is 9.47 Å². The molecule has 0 saturated heterocycles. The second-order valence-electron chi connectivity index (χ2n) is 8.36. The first-order valence-corrected chi connectivity index (χ1v) is 9.42. The van der Waals surface area contributed by atoms with E-state index < -0.39 is 11.5 Å². The van der Waals surface area contributed by atoms with Crippen molar-refractivity contribution in [2.45, 2.75) is 59.0 Å². The molecule has 1 aromatic carbocycles. The van der Waals surface area contributed by atoms with Crippen LogP contribution in [-0.4, -0.2) is 25.1 Å². The number of rotatable bonds is 3. The van der Waals surface area contributed by atoms with Gasteiger partial charge in [0.15, 0.2) is 11.5 Å². The summed E-state index contributed by atoms with van der Waals surface area (Å²) in [5.41, 5.74) is 3.57. The highest BCUT2D eigenvalue weighted by Gasteiger charge is 2.44. The maximum atomic E-state index is 12.5. The van der Waals surface area contributed by atoms with Crippen LogP contribution in [0.5, 0.6) is 11.5 Å². The van der Waals surface area contributed by atoms with Gasteiger partial charge in [-0.15, -0.1) is 0 Å². The molecular formula is C22H30O4. The first kappa shape index (κ1) is 19.0. The van der Waals surface area contributed by atoms with Gasteiger partial charge >= 0.3 is 0 Å². The van der Waals surface area contributed by atoms with Crippen molar-refractivity contribution in [1.29, 1.82) is 0 Å². The number of hydrogen-bond acceptors (Lipinski definition) is 4. The molecule has 2 atom stereocenters. The quantitative estimate of drug-likeness (QED) is 0.854. The Hall–Kier alpha value is -1.81. The van der Waals surface area contributed by atoms with Crippen molar-refractivity contribution in [2.75, 3.05) is 14.2 Å². The number of methoxy groups -OCH3 is 2. The molecule has 1 saturated carbocycles. The van der Waals surface area contributed by atoms with E-state index in [0.717, 1.165) is 28.9 Å². The molecule has 142 valence electrons. The van der Waals surface area contributed by atoms with Crippen LogP contribution in [0.3, 0.4) is 0 Å². The second kappa shape index (κ2) is 6.73. The molecule has 0 aromatic heterocycles. The topological polar surface area (TPSA) is 55.8 Å². The average molecular weight is 358 g/mol. The van der Waals surface area contributed by atoms with Gasteiger partial charge in [-0.25, -0.2) is 0 Å². The van der Waals surface area contributed by atoms with Gasteiger partial charge < -0.3 is 14.6 Å². The minimum Gasteiger partial charge on any atom is -0.493 e. The molecule has 0 radical (unpaired) electrons. The van der Waals surface area contributed by atoms with Gasteiger partial charge in [-0.2, -0.15) is 0 Å². The zero-order chi connectivity index (χ0) is 19.2. The van der Waals surface area contributed by atoms with E-state index in [1.807, 2.05) is 13.8 Å². The van der Waals surface area contributed by atoms with Gasteiger partial charge in [-0.05, 0) is 36.3 Å². The van der Waals surface area contributed by atoms with Gasteiger partial charge in [-0.1, -0.05) is 39.3 Å². The molecule has 0 heterocycles. The number of hydrogen-bond donors (Lipinski definition) is 1. The number of aliphatic hydroxyl groups is 1. The van der Waals surface area contributed by atoms with Gasteiger partial charge in [0.1, 0.15) is 5.78 Å². The van der Waals surface area contributed by atoms with E-state index in [-0.39, 0.29) is 17.6 Å². The molecule has 2 aliphatic rings. The molecule has 0 bridgehead atoms. The van der Waals surface area contributed by atoms with Crippen molar-refractivity contribution in [3.05, 3.63) is 28.3 Å². The third-order valence-corrected chi connectivity index (χ3v) is 6.19. The summed E-state index contributed by atoms with van der Waals surface area (Å²) in [7, 11) is 3.30. The fourth-order valence-corrected chi connectivity index (χ4v) is 4.53. The third kappa shape index (κ3) is 2.84. The van der Waals surface area contributed by atoms with E-state index in [4.69, 9.17) is 9.47 Å². The number of aliphatic hydroxyl groups excluding tert-OH is 1. The van der Waals surface area contributed by atoms with Gasteiger partial charge in [-0.3, -0.25) is 4.79 Å². The van der Waals surface area contributed by atoms with Gasteiger partial charge in [0.25, 0.3) is 0 Å². The van der Waals surface area contributed by atoms with Crippen LogP contribution in [0, 0.1) is 11.3 Å². The average Bonchev–Trinajstić information content (AvgIpc) is 2.74. The Bertz CT molecular complexity index is 758. The second-order valence-corrected chi connectivity index (χ2v) is 8.36. The van der Waals surface area contributed by atoms with Crippen LogP contribution in [-0.2, 0) is 4.79 Å². The molecular weight excluding hydrogens is 328 g/mol. The fraction of sp³-hybridized carbons (Fsp3) is 0.591. The van der Waals surface area contributed by atoms with Crippen molar-refractivity contribution in [3.8, 4) is 11.5 Å². The Balaban J connectivity index is 2.25. The molecule has 3 rings (SSSR count). The molecule has 1 fully saturated rings. The molecule has 0 amide bonds. The predicted octanol–water partition coefficient (Wildman–Crippen LogP) is 4.65. The number of fused-ring (bicyclic) bond motifs is 2. The zero-order valence-corrected chi connectivity index (χ0v) is 16.7. The summed E-state index contributed by atoms with van der Waals surface area (Å²) in [5.74, 6) is 1.98. The van der Waals surface area contributed by atoms with Crippen molar-refractivity contribution >= 4 is 11.9 Å². The number of allylic oxidation sites excluding steroid dienone is 1. The summed E-state index contributed by atoms with van der Waals surface area (Å²) in [6.07, 6.45) is 3.37. The van der Waals surface area contributed by atoms with Crippen molar-refractivity contribution in [2.24, 2.45) is 11.3 Å². The van der Waals surface area contributed by atoms with Gasteiger partial charge in [0.05, 0.1) is 20.3 Å². The van der Waals surface area contributed by atoms with Crippen LogP contribution in [0.4, 0.5) is 0 Å². The zero-order valence-electron chi connectivity index (χ0n) is 16.7. The Morgan fingerprint density at radius 3 is 2.38 bits per heavy atom. The van der Waals surface area contributed by atoms with Crippen molar-refractivity contribution in [1.82, 2.24) is 0 Å². The maximum absolute atomic E-state index is 12.5. The third-order valence-electron chi connectivity index (χ3n) is 6.19. The Labute approximate surface area is 156 Å². The molecule has 4 nitrogen and oxygen atoms in total. The summed E-state index contributed by atoms with van der Waals surface area (Å²) < 4.78 is 11.4. The van der Waals surface area contributed by atoms with E-state index in [9.17, 15) is 9.90 Å². The first-order valence-electron chi connectivity index (χ1n) is 9.42. The minimum atomic E-state index is -0.633. The summed E-state index contributed by atoms with van der Waals surface area (Å²) in [4.78, 5) is 12.5. The van der Waals surface area contributed by atoms with Crippen LogP contribution in [0.1, 0.15) is 75.7 Å². The van der Waals surface area contributed by atoms with Crippen LogP contribution in [0.2, 0.25) is 0 Å². The molecule has 4 heteroatoms. The van der Waals surface area contributed by atoms with E-state index in [1.54, 1.807) is 14.2 Å². The van der Waals surface area contributed by atoms with E-state index in [2.05, 4.69) is 26.0 Å². The SMILES string of the molecule is COc1c(C(C)C)cc2c(c1OC)C=C1CCC(=O)C(C)(C)C1CC2O. The number of carbonyl (C=O) groups excluding carboxylic acids is 1. The van der Waals surface area contributed by atoms with Crippen molar-refractivity contribution in [3.63, 3.8) is 0 Å². The Kier molecular flexibility index (Phi) is 4.91. The van der Waals surface area contributed by atoms with Crippen LogP contribution in [0.15, 0.2) is 11.6 Å². The first-order chi connectivity index (χ1) is 12.2. The standard InChI is InChI=1S/C22H30O4/c1-12(2)14-10-15-16(21(26-6)20(14)25-5)9-13-7-8-19(24)22(3,4)17(13)11-18(15)23/h9-10,12,17-18,23H,7-8,11H2,1-6H3. The summed E-state index contributed by atoms with van der Waals surface area (Å²) >= 11 is 0. The van der Waals surface area contributed by atoms with Crippen LogP contribution >= 0.6 is 0 Å². The van der Waals surface area contributed by atoms with Crippen molar-refractivity contribution < 1.29 is 19.4 Å². The van der Waals surface area contributed by atoms with Gasteiger partial charge in [0.2, 0.25) is 0 Å². The number of carbonyl (C=O) groups is 1. The monoisotopic (exact) mass is 358 g/mol. The smallest absolute Gasteiger partial charge is 0.168 e. The number of benzene rings is 1. The maximum Gasteiger partial charge on any atom is 0.168 e. The lowest BCUT2D eigenvalue weighted by atomic mass is 9.64. The van der Waals surface area contributed by atoms with Crippen LogP contribution in [0.25, 0.3) is 6.08 Å². The summed E-state index contributed by atoms with van der Waals surface area (Å²) in [6, 6.07) is 2.05. The molecule has 2 unspecified atom stereocenters. The summed E-state index contributed by atoms with van der Waals surface area (Å²) in [6.45, 7) is 8.22. The van der Waals surface area contributed by atoms with E-state index in [1.165, 1.54) is 5.57 Å². The lowest BCUT2D eigenvalue weighted by Gasteiger charge is -2.39. The molecule has 1 N–H and O–H groups in total. The Morgan fingerprint density at radius 1 is 1.15 bits per heavy atom. The molecule has 1 aromatic rings. The highest BCUT2D eigenvalue weighted by Crippen LogP contribution is 2.52. The highest BCUT2D eigenvalue weighted by molar-refractivity contribution is 5.87. The molecule has 2 aliphatic carbocycles. The summed E-state index contributed by atoms with van der Waals surface area (Å²) in [5, 5.41) is 11.0. The number of ether oxygens (including phenoxy) is 2. The largest absolute Gasteiger partial charge is 0.493 e. The predicted molar refractivity (Wildman–Crippen MR) is 103 cm³/mol. The van der Waals surface area contributed by atoms with Gasteiger partial charge in [0, 0.05) is 23.0 Å². The molecule has 0 aliphatic heterocycles. The van der Waals surface area contributed by atoms with E-state index in [0.29, 0.717) is 18.6 Å². The highest BCUT2D eigenvalue weighted by atomic mass is 16.5.